The monoisotopic (exact) mass is 262 g/mol. The largest absolute Gasteiger partial charge is 0.494 e. The van der Waals surface area contributed by atoms with E-state index in [0.29, 0.717) is 5.95 Å². The molecule has 0 atom stereocenters. The maximum Gasteiger partial charge on any atom is 0.201 e. The summed E-state index contributed by atoms with van der Waals surface area (Å²) in [6, 6.07) is 5.91. The molecule has 1 aromatic carbocycles. The van der Waals surface area contributed by atoms with Gasteiger partial charge < -0.3 is 19.9 Å². The van der Waals surface area contributed by atoms with Gasteiger partial charge in [0.2, 0.25) is 5.95 Å². The summed E-state index contributed by atoms with van der Waals surface area (Å²) in [5.74, 6) is 1.33. The second-order valence-corrected chi connectivity index (χ2v) is 4.96. The van der Waals surface area contributed by atoms with Crippen molar-refractivity contribution in [1.29, 1.82) is 0 Å². The van der Waals surface area contributed by atoms with Crippen molar-refractivity contribution in [3.05, 3.63) is 18.2 Å². The molecular formula is C14H22N4O. The standard InChI is InChI=1S/C14H22N4O/c1-17(2)9-4-5-10-18-11-7-6-8-12(19-3)13(11)16-14(18)15/h6-8H,4-5,9-10H2,1-3H3,(H2,15,16). The molecule has 0 amide bonds. The number of anilines is 1. The summed E-state index contributed by atoms with van der Waals surface area (Å²) >= 11 is 0. The number of aryl methyl sites for hydroxylation is 1. The minimum Gasteiger partial charge on any atom is -0.494 e. The van der Waals surface area contributed by atoms with Crippen LogP contribution < -0.4 is 10.5 Å². The van der Waals surface area contributed by atoms with Crippen LogP contribution in [0.15, 0.2) is 18.2 Å². The van der Waals surface area contributed by atoms with Gasteiger partial charge in [0.15, 0.2) is 0 Å². The first-order valence-electron chi connectivity index (χ1n) is 6.57. The van der Waals surface area contributed by atoms with Crippen molar-refractivity contribution in [1.82, 2.24) is 14.5 Å². The Hall–Kier alpha value is -1.75. The van der Waals surface area contributed by atoms with Crippen LogP contribution in [0.1, 0.15) is 12.8 Å². The average molecular weight is 262 g/mol. The van der Waals surface area contributed by atoms with Crippen molar-refractivity contribution >= 4 is 17.0 Å². The molecule has 0 aliphatic carbocycles. The number of imidazole rings is 1. The van der Waals surface area contributed by atoms with Crippen molar-refractivity contribution in [2.45, 2.75) is 19.4 Å². The molecule has 0 unspecified atom stereocenters. The maximum atomic E-state index is 6.00. The quantitative estimate of drug-likeness (QED) is 0.809. The molecule has 2 rings (SSSR count). The van der Waals surface area contributed by atoms with E-state index in [1.165, 1.54) is 0 Å². The number of fused-ring (bicyclic) bond motifs is 1. The minimum atomic E-state index is 0.560. The normalized spacial score (nSPS) is 11.4. The molecule has 5 nitrogen and oxygen atoms in total. The van der Waals surface area contributed by atoms with Gasteiger partial charge >= 0.3 is 0 Å². The third kappa shape index (κ3) is 2.98. The number of ether oxygens (including phenoxy) is 1. The minimum absolute atomic E-state index is 0.560. The summed E-state index contributed by atoms with van der Waals surface area (Å²) in [5.41, 5.74) is 7.89. The van der Waals surface area contributed by atoms with Crippen LogP contribution in [-0.2, 0) is 6.54 Å². The highest BCUT2D eigenvalue weighted by Gasteiger charge is 2.11. The van der Waals surface area contributed by atoms with E-state index in [1.807, 2.05) is 18.2 Å². The molecule has 19 heavy (non-hydrogen) atoms. The Morgan fingerprint density at radius 2 is 2.11 bits per heavy atom. The summed E-state index contributed by atoms with van der Waals surface area (Å²) in [4.78, 5) is 6.60. The number of aromatic nitrogens is 2. The van der Waals surface area contributed by atoms with Gasteiger partial charge in [-0.3, -0.25) is 0 Å². The number of hydrogen-bond donors (Lipinski definition) is 1. The molecule has 0 fully saturated rings. The van der Waals surface area contributed by atoms with Crippen LogP contribution in [0.25, 0.3) is 11.0 Å². The smallest absolute Gasteiger partial charge is 0.201 e. The number of nitrogens with zero attached hydrogens (tertiary/aromatic N) is 3. The zero-order valence-electron chi connectivity index (χ0n) is 11.9. The van der Waals surface area contributed by atoms with Crippen molar-refractivity contribution in [3.63, 3.8) is 0 Å². The van der Waals surface area contributed by atoms with Crippen LogP contribution >= 0.6 is 0 Å². The number of rotatable bonds is 6. The topological polar surface area (TPSA) is 56.3 Å². The summed E-state index contributed by atoms with van der Waals surface area (Å²) in [5, 5.41) is 0. The number of benzene rings is 1. The first-order valence-corrected chi connectivity index (χ1v) is 6.57. The Balaban J connectivity index is 2.16. The molecule has 0 aliphatic rings. The van der Waals surface area contributed by atoms with E-state index in [9.17, 15) is 0 Å². The van der Waals surface area contributed by atoms with Gasteiger partial charge in [-0.15, -0.1) is 0 Å². The number of nitrogens with two attached hydrogens (primary N) is 1. The number of hydrogen-bond acceptors (Lipinski definition) is 4. The fourth-order valence-corrected chi connectivity index (χ4v) is 2.24. The summed E-state index contributed by atoms with van der Waals surface area (Å²) in [6.45, 7) is 1.99. The second kappa shape index (κ2) is 5.93. The lowest BCUT2D eigenvalue weighted by Crippen LogP contribution is -2.13. The zero-order chi connectivity index (χ0) is 13.8. The first kappa shape index (κ1) is 13.7. The molecule has 0 aliphatic heterocycles. The lowest BCUT2D eigenvalue weighted by Gasteiger charge is -2.10. The van der Waals surface area contributed by atoms with Gasteiger partial charge in [0, 0.05) is 6.54 Å². The third-order valence-corrected chi connectivity index (χ3v) is 3.23. The van der Waals surface area contributed by atoms with Gasteiger partial charge in [0.05, 0.1) is 12.6 Å². The fourth-order valence-electron chi connectivity index (χ4n) is 2.24. The molecule has 0 bridgehead atoms. The predicted molar refractivity (Wildman–Crippen MR) is 78.5 cm³/mol. The van der Waals surface area contributed by atoms with Crippen molar-refractivity contribution in [2.24, 2.45) is 0 Å². The van der Waals surface area contributed by atoms with Gasteiger partial charge in [-0.1, -0.05) is 6.07 Å². The Morgan fingerprint density at radius 1 is 1.32 bits per heavy atom. The molecule has 5 heteroatoms. The van der Waals surface area contributed by atoms with Gasteiger partial charge in [-0.2, -0.15) is 0 Å². The van der Waals surface area contributed by atoms with E-state index >= 15 is 0 Å². The average Bonchev–Trinajstić information content (AvgIpc) is 2.70. The van der Waals surface area contributed by atoms with Crippen LogP contribution in [-0.4, -0.2) is 42.2 Å². The highest BCUT2D eigenvalue weighted by Crippen LogP contribution is 2.26. The number of nitrogen functional groups attached to an aromatic ring is 1. The lowest BCUT2D eigenvalue weighted by molar-refractivity contribution is 0.388. The SMILES string of the molecule is COc1cccc2c1nc(N)n2CCCCN(C)C. The van der Waals surface area contributed by atoms with Crippen LogP contribution in [0.2, 0.25) is 0 Å². The van der Waals surface area contributed by atoms with E-state index < -0.39 is 0 Å². The second-order valence-electron chi connectivity index (χ2n) is 4.96. The Morgan fingerprint density at radius 3 is 2.79 bits per heavy atom. The number of para-hydroxylation sites is 1. The third-order valence-electron chi connectivity index (χ3n) is 3.23. The number of unbranched alkanes of at least 4 members (excludes halogenated alkanes) is 1. The number of methoxy groups -OCH3 is 1. The molecule has 104 valence electrons. The lowest BCUT2D eigenvalue weighted by atomic mass is 10.2. The molecule has 2 aromatic rings. The Bertz CT molecular complexity index is 548. The fraction of sp³-hybridized carbons (Fsp3) is 0.500. The van der Waals surface area contributed by atoms with E-state index in [-0.39, 0.29) is 0 Å². The first-order chi connectivity index (χ1) is 9.13. The van der Waals surface area contributed by atoms with E-state index in [4.69, 9.17) is 10.5 Å². The van der Waals surface area contributed by atoms with Crippen molar-refractivity contribution in [2.75, 3.05) is 33.5 Å². The van der Waals surface area contributed by atoms with E-state index in [0.717, 1.165) is 42.7 Å². The Kier molecular flexibility index (Phi) is 4.27. The summed E-state index contributed by atoms with van der Waals surface area (Å²) in [7, 11) is 5.83. The van der Waals surface area contributed by atoms with E-state index in [2.05, 4.69) is 28.5 Å². The highest BCUT2D eigenvalue weighted by atomic mass is 16.5. The van der Waals surface area contributed by atoms with Gasteiger partial charge in [0.1, 0.15) is 11.3 Å². The predicted octanol–water partition coefficient (Wildman–Crippen LogP) is 1.97. The summed E-state index contributed by atoms with van der Waals surface area (Å²) in [6.07, 6.45) is 2.24. The summed E-state index contributed by atoms with van der Waals surface area (Å²) < 4.78 is 7.38. The molecule has 2 N–H and O–H groups in total. The molecule has 1 aromatic heterocycles. The van der Waals surface area contributed by atoms with Crippen LogP contribution in [0.3, 0.4) is 0 Å². The molecule has 0 saturated heterocycles. The molecule has 0 spiro atoms. The molecule has 1 heterocycles. The van der Waals surface area contributed by atoms with Crippen LogP contribution in [0.4, 0.5) is 5.95 Å². The molecular weight excluding hydrogens is 240 g/mol. The van der Waals surface area contributed by atoms with E-state index in [1.54, 1.807) is 7.11 Å². The van der Waals surface area contributed by atoms with Gasteiger partial charge in [0.25, 0.3) is 0 Å². The van der Waals surface area contributed by atoms with Crippen molar-refractivity contribution in [3.8, 4) is 5.75 Å². The molecule has 0 radical (unpaired) electrons. The van der Waals surface area contributed by atoms with Crippen LogP contribution in [0, 0.1) is 0 Å². The van der Waals surface area contributed by atoms with Crippen molar-refractivity contribution < 1.29 is 4.74 Å². The van der Waals surface area contributed by atoms with Gasteiger partial charge in [-0.05, 0) is 45.6 Å². The zero-order valence-corrected chi connectivity index (χ0v) is 11.9. The maximum absolute atomic E-state index is 6.00. The molecule has 0 saturated carbocycles. The van der Waals surface area contributed by atoms with Crippen LogP contribution in [0.5, 0.6) is 5.75 Å². The Labute approximate surface area is 114 Å². The van der Waals surface area contributed by atoms with Gasteiger partial charge in [-0.25, -0.2) is 4.98 Å². The highest BCUT2D eigenvalue weighted by molar-refractivity contribution is 5.84.